The molecule has 150 valence electrons. The summed E-state index contributed by atoms with van der Waals surface area (Å²) in [5.74, 6) is 0. The van der Waals surface area contributed by atoms with E-state index in [0.717, 1.165) is 0 Å². The molecule has 2 unspecified atom stereocenters. The predicted octanol–water partition coefficient (Wildman–Crippen LogP) is 2.64. The lowest BCUT2D eigenvalue weighted by Gasteiger charge is -2.42. The molecule has 0 saturated carbocycles. The Labute approximate surface area is 172 Å². The molecule has 28 heavy (non-hydrogen) atoms. The van der Waals surface area contributed by atoms with Crippen LogP contribution >= 0.6 is 23.2 Å². The van der Waals surface area contributed by atoms with Crippen molar-refractivity contribution >= 4 is 23.2 Å². The van der Waals surface area contributed by atoms with Gasteiger partial charge >= 0.3 is 0 Å². The summed E-state index contributed by atoms with van der Waals surface area (Å²) in [6, 6.07) is 17.8. The average Bonchev–Trinajstić information content (AvgIpc) is 2.84. The van der Waals surface area contributed by atoms with Gasteiger partial charge in [-0.15, -0.1) is 0 Å². The van der Waals surface area contributed by atoms with Crippen molar-refractivity contribution in [2.75, 3.05) is 13.2 Å². The number of fused-ring (bicyclic) bond motifs is 1. The van der Waals surface area contributed by atoms with Crippen LogP contribution in [0.3, 0.4) is 0 Å². The van der Waals surface area contributed by atoms with Crippen LogP contribution in [0.1, 0.15) is 11.1 Å². The van der Waals surface area contributed by atoms with Gasteiger partial charge < -0.3 is 29.2 Å². The second kappa shape index (κ2) is 7.89. The molecule has 0 amide bonds. The summed E-state index contributed by atoms with van der Waals surface area (Å²) < 4.78 is 23.5. The maximum Gasteiger partial charge on any atom is 0.277 e. The van der Waals surface area contributed by atoms with Crippen LogP contribution in [0, 0.1) is 0 Å². The van der Waals surface area contributed by atoms with E-state index < -0.39 is 41.5 Å². The first-order valence-corrected chi connectivity index (χ1v) is 9.66. The van der Waals surface area contributed by atoms with Gasteiger partial charge in [0.1, 0.15) is 24.4 Å². The summed E-state index contributed by atoms with van der Waals surface area (Å²) in [6.45, 7) is -0.483. The van der Waals surface area contributed by atoms with E-state index in [1.165, 1.54) is 0 Å². The molecule has 2 aromatic carbocycles. The van der Waals surface area contributed by atoms with E-state index in [1.807, 2.05) is 12.1 Å². The first-order chi connectivity index (χ1) is 13.5. The van der Waals surface area contributed by atoms with Crippen LogP contribution < -0.4 is 0 Å². The number of hydrogen-bond donors (Lipinski definition) is 2. The molecule has 6 atom stereocenters. The summed E-state index contributed by atoms with van der Waals surface area (Å²) in [7, 11) is 0. The Morgan fingerprint density at radius 1 is 0.857 bits per heavy atom. The van der Waals surface area contributed by atoms with Crippen LogP contribution in [0.5, 0.6) is 0 Å². The van der Waals surface area contributed by atoms with Crippen molar-refractivity contribution in [1.82, 2.24) is 0 Å². The summed E-state index contributed by atoms with van der Waals surface area (Å²) in [6.07, 6.45) is -4.01. The van der Waals surface area contributed by atoms with E-state index >= 15 is 0 Å². The Morgan fingerprint density at radius 3 is 2.00 bits per heavy atom. The third-order valence-electron chi connectivity index (χ3n) is 4.83. The van der Waals surface area contributed by atoms with Crippen molar-refractivity contribution < 1.29 is 29.2 Å². The lowest BCUT2D eigenvalue weighted by Crippen LogP contribution is -2.55. The molecule has 2 saturated heterocycles. The molecule has 2 fully saturated rings. The van der Waals surface area contributed by atoms with Gasteiger partial charge in [0.25, 0.3) is 10.5 Å². The van der Waals surface area contributed by atoms with E-state index in [4.69, 9.17) is 42.1 Å². The SMILES string of the molecule is OC[C@@H]1OC(Cl)(c2ccccc2)O[C@@H]2COC(Cl)(c3ccccc3)O[C@@H]2[C@H]1O. The maximum absolute atomic E-state index is 10.8. The lowest BCUT2D eigenvalue weighted by atomic mass is 10.0. The Bertz CT molecular complexity index is 794. The highest BCUT2D eigenvalue weighted by molar-refractivity contribution is 6.22. The van der Waals surface area contributed by atoms with Crippen LogP contribution in [0.4, 0.5) is 0 Å². The fraction of sp³-hybridized carbons (Fsp3) is 0.400. The zero-order valence-electron chi connectivity index (χ0n) is 14.8. The van der Waals surface area contributed by atoms with Crippen molar-refractivity contribution in [2.45, 2.75) is 34.9 Å². The number of rotatable bonds is 3. The summed E-state index contributed by atoms with van der Waals surface area (Å²) >= 11 is 13.2. The van der Waals surface area contributed by atoms with E-state index in [9.17, 15) is 10.2 Å². The minimum absolute atomic E-state index is 0.00291. The van der Waals surface area contributed by atoms with Crippen LogP contribution in [-0.2, 0) is 29.4 Å². The number of alkyl halides is 2. The molecule has 2 aromatic rings. The van der Waals surface area contributed by atoms with Gasteiger partial charge in [0.15, 0.2) is 0 Å². The number of aliphatic hydroxyl groups excluding tert-OH is 2. The highest BCUT2D eigenvalue weighted by Gasteiger charge is 2.54. The van der Waals surface area contributed by atoms with Crippen LogP contribution in [0.2, 0.25) is 0 Å². The zero-order chi connectivity index (χ0) is 19.8. The molecule has 8 heteroatoms. The average molecular weight is 427 g/mol. The number of halogens is 2. The minimum atomic E-state index is -1.72. The highest BCUT2D eigenvalue weighted by atomic mass is 35.5. The lowest BCUT2D eigenvalue weighted by molar-refractivity contribution is -0.317. The van der Waals surface area contributed by atoms with E-state index in [2.05, 4.69) is 0 Å². The Balaban J connectivity index is 1.66. The maximum atomic E-state index is 10.8. The standard InChI is InChI=1S/C20H20Cl2O6/c21-19(13-7-3-1-4-8-13)25-12-16-18(28-19)17(24)15(11-23)26-20(22,27-16)14-9-5-2-6-10-14/h1-10,15-18,23-24H,11-12H2/t15-,16+,17-,18-,19?,20?/m0/s1. The molecule has 4 rings (SSSR count). The third-order valence-corrected chi connectivity index (χ3v) is 5.64. The Kier molecular flexibility index (Phi) is 5.66. The highest BCUT2D eigenvalue weighted by Crippen LogP contribution is 2.45. The van der Waals surface area contributed by atoms with Gasteiger partial charge in [-0.3, -0.25) is 0 Å². The molecular weight excluding hydrogens is 407 g/mol. The van der Waals surface area contributed by atoms with E-state index in [0.29, 0.717) is 11.1 Å². The molecule has 0 spiro atoms. The van der Waals surface area contributed by atoms with E-state index in [1.54, 1.807) is 48.5 Å². The van der Waals surface area contributed by atoms with Gasteiger partial charge in [0.05, 0.1) is 13.2 Å². The van der Waals surface area contributed by atoms with Crippen LogP contribution in [0.25, 0.3) is 0 Å². The smallest absolute Gasteiger partial charge is 0.277 e. The van der Waals surface area contributed by atoms with Crippen molar-refractivity contribution in [1.29, 1.82) is 0 Å². The van der Waals surface area contributed by atoms with Crippen molar-refractivity contribution in [3.05, 3.63) is 71.8 Å². The quantitative estimate of drug-likeness (QED) is 0.734. The number of ether oxygens (including phenoxy) is 4. The molecule has 2 aliphatic rings. The first-order valence-electron chi connectivity index (χ1n) is 8.90. The summed E-state index contributed by atoms with van der Waals surface area (Å²) in [5.41, 5.74) is 1.10. The van der Waals surface area contributed by atoms with Crippen molar-refractivity contribution in [3.8, 4) is 0 Å². The van der Waals surface area contributed by atoms with Crippen molar-refractivity contribution in [2.24, 2.45) is 0 Å². The first kappa shape index (κ1) is 20.1. The van der Waals surface area contributed by atoms with Gasteiger partial charge in [-0.05, 0) is 0 Å². The minimum Gasteiger partial charge on any atom is -0.394 e. The van der Waals surface area contributed by atoms with Gasteiger partial charge in [0, 0.05) is 11.1 Å². The number of aliphatic hydroxyl groups is 2. The normalized spacial score (nSPS) is 38.4. The Morgan fingerprint density at radius 2 is 1.43 bits per heavy atom. The van der Waals surface area contributed by atoms with Crippen molar-refractivity contribution in [3.63, 3.8) is 0 Å². The van der Waals surface area contributed by atoms with Gasteiger partial charge in [-0.25, -0.2) is 0 Å². The largest absolute Gasteiger partial charge is 0.394 e. The number of benzene rings is 2. The predicted molar refractivity (Wildman–Crippen MR) is 102 cm³/mol. The summed E-state index contributed by atoms with van der Waals surface area (Å²) in [5, 5.41) is 17.3. The van der Waals surface area contributed by atoms with E-state index in [-0.39, 0.29) is 6.61 Å². The topological polar surface area (TPSA) is 77.4 Å². The zero-order valence-corrected chi connectivity index (χ0v) is 16.3. The van der Waals surface area contributed by atoms with Gasteiger partial charge in [-0.2, -0.15) is 0 Å². The fourth-order valence-corrected chi connectivity index (χ4v) is 4.01. The Hall–Kier alpha value is -1.22. The molecule has 2 aliphatic heterocycles. The van der Waals surface area contributed by atoms with Gasteiger partial charge in [0.2, 0.25) is 0 Å². The molecule has 2 heterocycles. The van der Waals surface area contributed by atoms with Gasteiger partial charge in [-0.1, -0.05) is 83.9 Å². The fourth-order valence-electron chi connectivity index (χ4n) is 3.37. The second-order valence-electron chi connectivity index (χ2n) is 6.68. The monoisotopic (exact) mass is 426 g/mol. The number of hydrogen-bond acceptors (Lipinski definition) is 6. The summed E-state index contributed by atoms with van der Waals surface area (Å²) in [4.78, 5) is 0. The molecular formula is C20H20Cl2O6. The molecule has 0 aromatic heterocycles. The molecule has 0 radical (unpaired) electrons. The van der Waals surface area contributed by atoms with Crippen LogP contribution in [-0.4, -0.2) is 47.8 Å². The molecule has 6 nitrogen and oxygen atoms in total. The molecule has 0 aliphatic carbocycles. The third kappa shape index (κ3) is 3.67. The molecule has 0 bridgehead atoms. The van der Waals surface area contributed by atoms with Crippen LogP contribution in [0.15, 0.2) is 60.7 Å². The second-order valence-corrected chi connectivity index (χ2v) is 7.68. The molecule has 2 N–H and O–H groups in total.